The van der Waals surface area contributed by atoms with Gasteiger partial charge in [0, 0.05) is 50.6 Å². The van der Waals surface area contributed by atoms with Gasteiger partial charge in [-0.3, -0.25) is 14.8 Å². The fourth-order valence-electron chi connectivity index (χ4n) is 3.50. The quantitative estimate of drug-likeness (QED) is 0.676. The third-order valence-electron chi connectivity index (χ3n) is 5.08. The average molecular weight is 406 g/mol. The molecule has 0 unspecified atom stereocenters. The molecule has 4 rings (SSSR count). The second kappa shape index (κ2) is 8.94. The standard InChI is InChI=1S/C22H23FN6O/c1-15(16-2-4-17(23)5-3-16)10-20-27-18(11-19-13-24-6-7-25-19)12-21(28-20)29-9-8-26-22(30)14-29/h2-7,12-13,15H,8-11,14H2,1H3,(H,26,30)/t15-/m1/s1. The molecule has 1 N–H and O–H groups in total. The van der Waals surface area contributed by atoms with Gasteiger partial charge in [-0.2, -0.15) is 0 Å². The Kier molecular flexibility index (Phi) is 5.92. The highest BCUT2D eigenvalue weighted by molar-refractivity contribution is 5.82. The lowest BCUT2D eigenvalue weighted by Gasteiger charge is -2.28. The molecule has 1 aromatic carbocycles. The summed E-state index contributed by atoms with van der Waals surface area (Å²) < 4.78 is 13.3. The molecule has 0 aliphatic carbocycles. The van der Waals surface area contributed by atoms with E-state index < -0.39 is 0 Å². The lowest BCUT2D eigenvalue weighted by atomic mass is 9.97. The van der Waals surface area contributed by atoms with Crippen LogP contribution in [0.3, 0.4) is 0 Å². The van der Waals surface area contributed by atoms with Gasteiger partial charge in [0.1, 0.15) is 17.5 Å². The van der Waals surface area contributed by atoms with Crippen molar-refractivity contribution in [3.05, 3.63) is 77.5 Å². The number of nitrogens with one attached hydrogen (secondary N) is 1. The number of aromatic nitrogens is 4. The Balaban J connectivity index is 1.62. The highest BCUT2D eigenvalue weighted by Gasteiger charge is 2.20. The van der Waals surface area contributed by atoms with E-state index in [1.807, 2.05) is 11.0 Å². The summed E-state index contributed by atoms with van der Waals surface area (Å²) in [7, 11) is 0. The fraction of sp³-hybridized carbons (Fsp3) is 0.318. The Morgan fingerprint density at radius 1 is 1.17 bits per heavy atom. The van der Waals surface area contributed by atoms with Gasteiger partial charge >= 0.3 is 0 Å². The monoisotopic (exact) mass is 406 g/mol. The normalized spacial score (nSPS) is 15.0. The third-order valence-corrected chi connectivity index (χ3v) is 5.08. The molecule has 0 saturated carbocycles. The van der Waals surface area contributed by atoms with Crippen molar-refractivity contribution in [1.82, 2.24) is 25.3 Å². The summed E-state index contributed by atoms with van der Waals surface area (Å²) in [4.78, 5) is 31.8. The highest BCUT2D eigenvalue weighted by Crippen LogP contribution is 2.22. The molecule has 3 aromatic rings. The number of amides is 1. The van der Waals surface area contributed by atoms with Crippen LogP contribution in [0.5, 0.6) is 0 Å². The van der Waals surface area contributed by atoms with Crippen molar-refractivity contribution in [3.8, 4) is 0 Å². The Morgan fingerprint density at radius 3 is 2.73 bits per heavy atom. The van der Waals surface area contributed by atoms with Crippen molar-refractivity contribution in [1.29, 1.82) is 0 Å². The van der Waals surface area contributed by atoms with Gasteiger partial charge in [-0.05, 0) is 23.6 Å². The van der Waals surface area contributed by atoms with Crippen LogP contribution >= 0.6 is 0 Å². The average Bonchev–Trinajstić information content (AvgIpc) is 2.75. The van der Waals surface area contributed by atoms with E-state index in [0.29, 0.717) is 31.8 Å². The summed E-state index contributed by atoms with van der Waals surface area (Å²) >= 11 is 0. The van der Waals surface area contributed by atoms with E-state index in [9.17, 15) is 9.18 Å². The van der Waals surface area contributed by atoms with Crippen molar-refractivity contribution >= 4 is 11.7 Å². The number of nitrogens with zero attached hydrogens (tertiary/aromatic N) is 5. The molecule has 30 heavy (non-hydrogen) atoms. The smallest absolute Gasteiger partial charge is 0.239 e. The zero-order valence-electron chi connectivity index (χ0n) is 16.8. The van der Waals surface area contributed by atoms with Crippen LogP contribution in [0.4, 0.5) is 10.2 Å². The first-order valence-corrected chi connectivity index (χ1v) is 9.95. The van der Waals surface area contributed by atoms with Crippen LogP contribution in [0.15, 0.2) is 48.9 Å². The molecule has 2 aromatic heterocycles. The van der Waals surface area contributed by atoms with E-state index in [0.717, 1.165) is 22.8 Å². The number of hydrogen-bond acceptors (Lipinski definition) is 6. The minimum atomic E-state index is -0.251. The van der Waals surface area contributed by atoms with Crippen molar-refractivity contribution in [2.24, 2.45) is 0 Å². The van der Waals surface area contributed by atoms with Crippen LogP contribution in [0.2, 0.25) is 0 Å². The van der Waals surface area contributed by atoms with E-state index in [-0.39, 0.29) is 24.2 Å². The van der Waals surface area contributed by atoms with Gasteiger partial charge in [-0.1, -0.05) is 19.1 Å². The minimum Gasteiger partial charge on any atom is -0.353 e. The molecule has 7 nitrogen and oxygen atoms in total. The summed E-state index contributed by atoms with van der Waals surface area (Å²) in [6, 6.07) is 8.43. The van der Waals surface area contributed by atoms with Crippen molar-refractivity contribution in [2.45, 2.75) is 25.7 Å². The first-order valence-electron chi connectivity index (χ1n) is 9.95. The maximum absolute atomic E-state index is 13.3. The van der Waals surface area contributed by atoms with Crippen molar-refractivity contribution in [3.63, 3.8) is 0 Å². The molecular formula is C22H23FN6O. The number of rotatable bonds is 6. The second-order valence-electron chi connectivity index (χ2n) is 7.44. The van der Waals surface area contributed by atoms with Gasteiger partial charge in [-0.15, -0.1) is 0 Å². The number of carbonyl (C=O) groups excluding carboxylic acids is 1. The minimum absolute atomic E-state index is 0.0171. The Morgan fingerprint density at radius 2 is 2.00 bits per heavy atom. The van der Waals surface area contributed by atoms with Gasteiger partial charge in [0.15, 0.2) is 0 Å². The largest absolute Gasteiger partial charge is 0.353 e. The number of halogens is 1. The molecule has 1 amide bonds. The zero-order chi connectivity index (χ0) is 20.9. The number of hydrogen-bond donors (Lipinski definition) is 1. The zero-order valence-corrected chi connectivity index (χ0v) is 16.8. The van der Waals surface area contributed by atoms with E-state index in [4.69, 9.17) is 9.97 Å². The van der Waals surface area contributed by atoms with E-state index in [2.05, 4.69) is 22.2 Å². The maximum Gasteiger partial charge on any atom is 0.239 e. The van der Waals surface area contributed by atoms with Crippen LogP contribution in [-0.2, 0) is 17.6 Å². The van der Waals surface area contributed by atoms with E-state index in [1.54, 1.807) is 30.7 Å². The lowest BCUT2D eigenvalue weighted by molar-refractivity contribution is -0.120. The van der Waals surface area contributed by atoms with Crippen molar-refractivity contribution < 1.29 is 9.18 Å². The van der Waals surface area contributed by atoms with Gasteiger partial charge in [0.2, 0.25) is 5.91 Å². The number of carbonyl (C=O) groups is 1. The molecule has 0 bridgehead atoms. The van der Waals surface area contributed by atoms with Crippen LogP contribution in [0.25, 0.3) is 0 Å². The topological polar surface area (TPSA) is 83.9 Å². The van der Waals surface area contributed by atoms with Gasteiger partial charge in [0.25, 0.3) is 0 Å². The summed E-state index contributed by atoms with van der Waals surface area (Å²) in [6.45, 7) is 3.62. The number of piperazine rings is 1. The van der Waals surface area contributed by atoms with E-state index >= 15 is 0 Å². The van der Waals surface area contributed by atoms with Gasteiger partial charge in [0.05, 0.1) is 17.9 Å². The number of benzene rings is 1. The molecule has 0 radical (unpaired) electrons. The second-order valence-corrected chi connectivity index (χ2v) is 7.44. The molecule has 1 fully saturated rings. The van der Waals surface area contributed by atoms with Crippen LogP contribution in [0.1, 0.15) is 35.6 Å². The molecule has 154 valence electrons. The van der Waals surface area contributed by atoms with Crippen LogP contribution in [-0.4, -0.2) is 45.5 Å². The molecule has 1 saturated heterocycles. The third kappa shape index (κ3) is 4.94. The van der Waals surface area contributed by atoms with E-state index in [1.165, 1.54) is 12.1 Å². The lowest BCUT2D eigenvalue weighted by Crippen LogP contribution is -2.48. The fourth-order valence-corrected chi connectivity index (χ4v) is 3.50. The molecule has 0 spiro atoms. The summed E-state index contributed by atoms with van der Waals surface area (Å²) in [6.07, 6.45) is 6.15. The van der Waals surface area contributed by atoms with Crippen LogP contribution in [0, 0.1) is 5.82 Å². The van der Waals surface area contributed by atoms with Gasteiger partial charge in [-0.25, -0.2) is 14.4 Å². The maximum atomic E-state index is 13.3. The number of anilines is 1. The predicted octanol–water partition coefficient (Wildman–Crippen LogP) is 2.28. The Labute approximate surface area is 174 Å². The predicted molar refractivity (Wildman–Crippen MR) is 111 cm³/mol. The first-order chi connectivity index (χ1) is 14.6. The van der Waals surface area contributed by atoms with Gasteiger partial charge < -0.3 is 10.2 Å². The molecule has 1 aliphatic rings. The first kappa shape index (κ1) is 19.9. The van der Waals surface area contributed by atoms with Crippen molar-refractivity contribution in [2.75, 3.05) is 24.5 Å². The summed E-state index contributed by atoms with van der Waals surface area (Å²) in [5, 5.41) is 2.84. The van der Waals surface area contributed by atoms with Crippen LogP contribution < -0.4 is 10.2 Å². The summed E-state index contributed by atoms with van der Waals surface area (Å²) in [5.74, 6) is 1.28. The molecular weight excluding hydrogens is 383 g/mol. The highest BCUT2D eigenvalue weighted by atomic mass is 19.1. The molecule has 1 aliphatic heterocycles. The molecule has 1 atom stereocenters. The SMILES string of the molecule is C[C@H](Cc1nc(Cc2cnccn2)cc(N2CCNC(=O)C2)n1)c1ccc(F)cc1. The summed E-state index contributed by atoms with van der Waals surface area (Å²) in [5.41, 5.74) is 2.67. The molecule has 8 heteroatoms. The molecule has 3 heterocycles. The Hall–Kier alpha value is -3.42. The Bertz CT molecular complexity index is 1010.